The van der Waals surface area contributed by atoms with Gasteiger partial charge in [-0.25, -0.2) is 0 Å². The van der Waals surface area contributed by atoms with Crippen LogP contribution in [0.1, 0.15) is 30.8 Å². The van der Waals surface area contributed by atoms with E-state index >= 15 is 0 Å². The molecule has 2 aromatic heterocycles. The van der Waals surface area contributed by atoms with Gasteiger partial charge in [0.05, 0.1) is 0 Å². The van der Waals surface area contributed by atoms with Crippen LogP contribution in [0, 0.1) is 6.92 Å². The third kappa shape index (κ3) is 4.06. The van der Waals surface area contributed by atoms with Crippen LogP contribution in [-0.2, 0) is 24.3 Å². The molecule has 2 N–H and O–H groups in total. The molecule has 1 aliphatic heterocycles. The number of nitrogens with one attached hydrogen (secondary N) is 1. The minimum atomic E-state index is -0.419. The first-order valence-electron chi connectivity index (χ1n) is 9.74. The van der Waals surface area contributed by atoms with Gasteiger partial charge in [-0.15, -0.1) is 10.2 Å². The number of nitrogens with zero attached hydrogens (tertiary/aromatic N) is 4. The molecule has 8 nitrogen and oxygen atoms in total. The molecule has 0 saturated carbocycles. The monoisotopic (exact) mass is 393 g/mol. The van der Waals surface area contributed by atoms with Crippen LogP contribution in [-0.4, -0.2) is 30.3 Å². The Kier molecular flexibility index (Phi) is 5.16. The summed E-state index contributed by atoms with van der Waals surface area (Å²) in [6.45, 7) is 2.44. The molecule has 1 amide bonds. The number of carbonyl (C=O) groups excluding carboxylic acids is 1. The molecule has 0 spiro atoms. The summed E-state index contributed by atoms with van der Waals surface area (Å²) in [6.07, 6.45) is 4.36. The van der Waals surface area contributed by atoms with Crippen molar-refractivity contribution in [2.75, 3.05) is 5.32 Å². The van der Waals surface area contributed by atoms with Crippen molar-refractivity contribution in [3.05, 3.63) is 58.3 Å². The van der Waals surface area contributed by atoms with Gasteiger partial charge in [0.25, 0.3) is 5.56 Å². The van der Waals surface area contributed by atoms with E-state index in [0.717, 1.165) is 49.1 Å². The summed E-state index contributed by atoms with van der Waals surface area (Å²) in [5.41, 5.74) is 1.62. The van der Waals surface area contributed by atoms with E-state index < -0.39 is 5.56 Å². The first-order chi connectivity index (χ1) is 14.0. The molecule has 8 heteroatoms. The van der Waals surface area contributed by atoms with E-state index in [1.165, 1.54) is 17.1 Å². The second-order valence-corrected chi connectivity index (χ2v) is 7.31. The molecule has 1 aliphatic rings. The molecule has 3 aromatic rings. The minimum absolute atomic E-state index is 0.107. The van der Waals surface area contributed by atoms with Gasteiger partial charge in [0.2, 0.25) is 5.91 Å². The van der Waals surface area contributed by atoms with Crippen LogP contribution >= 0.6 is 0 Å². The first kappa shape index (κ1) is 18.9. The van der Waals surface area contributed by atoms with Crippen molar-refractivity contribution >= 4 is 11.6 Å². The van der Waals surface area contributed by atoms with E-state index in [4.69, 9.17) is 0 Å². The van der Waals surface area contributed by atoms with Crippen LogP contribution in [0.2, 0.25) is 0 Å². The van der Waals surface area contributed by atoms with Crippen LogP contribution in [0.5, 0.6) is 5.75 Å². The summed E-state index contributed by atoms with van der Waals surface area (Å²) in [5, 5.41) is 21.0. The number of hydrogen-bond donors (Lipinski definition) is 2. The van der Waals surface area contributed by atoms with Crippen molar-refractivity contribution in [3.63, 3.8) is 0 Å². The van der Waals surface area contributed by atoms with Gasteiger partial charge in [-0.3, -0.25) is 9.59 Å². The van der Waals surface area contributed by atoms with Crippen LogP contribution in [0.4, 0.5) is 5.69 Å². The Morgan fingerprint density at radius 2 is 2.03 bits per heavy atom. The molecular weight excluding hydrogens is 370 g/mol. The Balaban J connectivity index is 1.54. The predicted molar refractivity (Wildman–Crippen MR) is 109 cm³/mol. The zero-order valence-corrected chi connectivity index (χ0v) is 16.3. The van der Waals surface area contributed by atoms with Crippen molar-refractivity contribution in [2.24, 2.45) is 0 Å². The molecule has 0 unspecified atom stereocenters. The SMILES string of the molecule is Cc1cc(O)cc(=O)n1CC(=O)Nc1cccc(-c2nnc3n2CCCCC3)c1. The lowest BCUT2D eigenvalue weighted by atomic mass is 10.2. The van der Waals surface area contributed by atoms with Crippen molar-refractivity contribution in [1.82, 2.24) is 19.3 Å². The summed E-state index contributed by atoms with van der Waals surface area (Å²) < 4.78 is 3.48. The summed E-state index contributed by atoms with van der Waals surface area (Å²) >= 11 is 0. The minimum Gasteiger partial charge on any atom is -0.508 e. The van der Waals surface area contributed by atoms with Gasteiger partial charge in [0.1, 0.15) is 18.1 Å². The fourth-order valence-corrected chi connectivity index (χ4v) is 3.69. The number of carbonyl (C=O) groups is 1. The van der Waals surface area contributed by atoms with Crippen molar-refractivity contribution < 1.29 is 9.90 Å². The fourth-order valence-electron chi connectivity index (χ4n) is 3.69. The zero-order chi connectivity index (χ0) is 20.4. The number of aryl methyl sites for hydroxylation is 2. The van der Waals surface area contributed by atoms with Crippen LogP contribution in [0.3, 0.4) is 0 Å². The number of aromatic nitrogens is 4. The largest absolute Gasteiger partial charge is 0.508 e. The Bertz CT molecular complexity index is 1120. The van der Waals surface area contributed by atoms with E-state index in [2.05, 4.69) is 20.1 Å². The summed E-state index contributed by atoms with van der Waals surface area (Å²) in [7, 11) is 0. The normalized spacial score (nSPS) is 13.6. The van der Waals surface area contributed by atoms with E-state index in [-0.39, 0.29) is 18.2 Å². The van der Waals surface area contributed by atoms with Gasteiger partial charge in [0.15, 0.2) is 5.82 Å². The fraction of sp³-hybridized carbons (Fsp3) is 0.333. The topological polar surface area (TPSA) is 102 Å². The van der Waals surface area contributed by atoms with Gasteiger partial charge >= 0.3 is 0 Å². The van der Waals surface area contributed by atoms with E-state index in [0.29, 0.717) is 11.4 Å². The third-order valence-electron chi connectivity index (χ3n) is 5.14. The molecule has 4 rings (SSSR count). The van der Waals surface area contributed by atoms with Crippen LogP contribution in [0.25, 0.3) is 11.4 Å². The average Bonchev–Trinajstić information content (AvgIpc) is 2.93. The van der Waals surface area contributed by atoms with E-state index in [9.17, 15) is 14.7 Å². The number of aromatic hydroxyl groups is 1. The molecule has 0 aliphatic carbocycles. The lowest BCUT2D eigenvalue weighted by Crippen LogP contribution is -2.28. The van der Waals surface area contributed by atoms with Crippen molar-refractivity contribution in [3.8, 4) is 17.1 Å². The first-order valence-corrected chi connectivity index (χ1v) is 9.74. The van der Waals surface area contributed by atoms with Crippen LogP contribution in [0.15, 0.2) is 41.2 Å². The summed E-state index contributed by atoms with van der Waals surface area (Å²) in [4.78, 5) is 24.5. The molecule has 0 saturated heterocycles. The maximum atomic E-state index is 12.5. The molecule has 1 aromatic carbocycles. The quantitative estimate of drug-likeness (QED) is 0.709. The molecular formula is C21H23N5O3. The predicted octanol–water partition coefficient (Wildman–Crippen LogP) is 2.49. The van der Waals surface area contributed by atoms with Gasteiger partial charge in [0, 0.05) is 36.0 Å². The molecule has 0 atom stereocenters. The lowest BCUT2D eigenvalue weighted by molar-refractivity contribution is -0.116. The Morgan fingerprint density at radius 1 is 1.17 bits per heavy atom. The molecule has 0 fully saturated rings. The maximum Gasteiger partial charge on any atom is 0.254 e. The van der Waals surface area contributed by atoms with Gasteiger partial charge in [-0.1, -0.05) is 18.6 Å². The Morgan fingerprint density at radius 3 is 2.86 bits per heavy atom. The highest BCUT2D eigenvalue weighted by molar-refractivity contribution is 5.91. The average molecular weight is 393 g/mol. The van der Waals surface area contributed by atoms with Gasteiger partial charge in [-0.2, -0.15) is 0 Å². The highest BCUT2D eigenvalue weighted by Gasteiger charge is 2.16. The number of rotatable bonds is 4. The molecule has 0 bridgehead atoms. The van der Waals surface area contributed by atoms with E-state index in [1.54, 1.807) is 13.0 Å². The highest BCUT2D eigenvalue weighted by Crippen LogP contribution is 2.24. The second-order valence-electron chi connectivity index (χ2n) is 7.31. The molecule has 0 radical (unpaired) electrons. The molecule has 3 heterocycles. The lowest BCUT2D eigenvalue weighted by Gasteiger charge is -2.12. The van der Waals surface area contributed by atoms with Crippen molar-refractivity contribution in [1.29, 1.82) is 0 Å². The van der Waals surface area contributed by atoms with Gasteiger partial charge < -0.3 is 19.6 Å². The van der Waals surface area contributed by atoms with Crippen molar-refractivity contribution in [2.45, 2.75) is 45.7 Å². The maximum absolute atomic E-state index is 12.5. The second kappa shape index (κ2) is 7.90. The van der Waals surface area contributed by atoms with Gasteiger partial charge in [-0.05, 0) is 38.0 Å². The molecule has 29 heavy (non-hydrogen) atoms. The highest BCUT2D eigenvalue weighted by atomic mass is 16.3. The number of hydrogen-bond acceptors (Lipinski definition) is 5. The Labute approximate surface area is 167 Å². The standard InChI is InChI=1S/C21H23N5O3/c1-14-10-17(27)12-20(29)26(14)13-19(28)22-16-7-5-6-15(11-16)21-24-23-18-8-3-2-4-9-25(18)21/h5-7,10-12,27H,2-4,8-9,13H2,1H3,(H,22,28). The summed E-state index contributed by atoms with van der Waals surface area (Å²) in [5.74, 6) is 1.39. The molecule has 150 valence electrons. The van der Waals surface area contributed by atoms with E-state index in [1.807, 2.05) is 18.2 Å². The number of pyridine rings is 1. The number of benzene rings is 1. The number of amides is 1. The zero-order valence-electron chi connectivity index (χ0n) is 16.3. The van der Waals surface area contributed by atoms with Crippen LogP contribution < -0.4 is 10.9 Å². The third-order valence-corrected chi connectivity index (χ3v) is 5.14. The number of anilines is 1. The smallest absolute Gasteiger partial charge is 0.254 e. The summed E-state index contributed by atoms with van der Waals surface area (Å²) in [6, 6.07) is 10.0. The Hall–Kier alpha value is -3.42. The number of fused-ring (bicyclic) bond motifs is 1.